The zero-order valence-electron chi connectivity index (χ0n) is 15.3. The maximum Gasteiger partial charge on any atom is 0.270 e. The third-order valence-electron chi connectivity index (χ3n) is 5.87. The van der Waals surface area contributed by atoms with Crippen LogP contribution >= 0.6 is 0 Å². The van der Waals surface area contributed by atoms with Crippen molar-refractivity contribution in [2.24, 2.45) is 18.9 Å². The van der Waals surface area contributed by atoms with E-state index in [0.717, 1.165) is 49.4 Å². The second kappa shape index (κ2) is 7.39. The fraction of sp³-hybridized carbons (Fsp3) is 0.550. The van der Waals surface area contributed by atoms with E-state index in [4.69, 9.17) is 4.74 Å². The van der Waals surface area contributed by atoms with Crippen molar-refractivity contribution >= 4 is 16.8 Å². The highest BCUT2D eigenvalue weighted by Crippen LogP contribution is 2.27. The van der Waals surface area contributed by atoms with Crippen LogP contribution in [0, 0.1) is 11.8 Å². The number of amides is 1. The number of rotatable bonds is 4. The van der Waals surface area contributed by atoms with Crippen LogP contribution in [0.2, 0.25) is 0 Å². The van der Waals surface area contributed by atoms with E-state index >= 15 is 0 Å². The predicted molar refractivity (Wildman–Crippen MR) is 100 cm³/mol. The van der Waals surface area contributed by atoms with Crippen molar-refractivity contribution in [3.63, 3.8) is 0 Å². The minimum atomic E-state index is 0.0617. The van der Waals surface area contributed by atoms with Crippen molar-refractivity contribution in [2.75, 3.05) is 52.5 Å². The molecule has 4 rings (SSSR count). The molecule has 3 heterocycles. The minimum Gasteiger partial charge on any atom is -0.396 e. The summed E-state index contributed by atoms with van der Waals surface area (Å²) in [5.41, 5.74) is 1.79. The first kappa shape index (κ1) is 17.5. The van der Waals surface area contributed by atoms with Gasteiger partial charge in [-0.1, -0.05) is 18.2 Å². The molecule has 0 aliphatic carbocycles. The summed E-state index contributed by atoms with van der Waals surface area (Å²) >= 11 is 0. The SMILES string of the molecule is Cn1c(C(=O)N2CC(CO)C(CN3CCOCC3)C2)cc2ccccc21. The quantitative estimate of drug-likeness (QED) is 0.893. The zero-order chi connectivity index (χ0) is 18.1. The Balaban J connectivity index is 1.50. The zero-order valence-corrected chi connectivity index (χ0v) is 15.3. The van der Waals surface area contributed by atoms with Crippen LogP contribution in [0.1, 0.15) is 10.5 Å². The first-order valence-corrected chi connectivity index (χ1v) is 9.42. The van der Waals surface area contributed by atoms with Crippen LogP contribution < -0.4 is 0 Å². The van der Waals surface area contributed by atoms with E-state index < -0.39 is 0 Å². The lowest BCUT2D eigenvalue weighted by Gasteiger charge is -2.30. The highest BCUT2D eigenvalue weighted by Gasteiger charge is 2.37. The number of carbonyl (C=O) groups is 1. The summed E-state index contributed by atoms with van der Waals surface area (Å²) in [6, 6.07) is 10.0. The Bertz CT molecular complexity index is 782. The van der Waals surface area contributed by atoms with Gasteiger partial charge in [0.15, 0.2) is 0 Å². The standard InChI is InChI=1S/C20H27N3O3/c1-21-18-5-3-2-4-15(18)10-19(21)20(25)23-12-16(17(13-23)14-24)11-22-6-8-26-9-7-22/h2-5,10,16-17,24H,6-9,11-14H2,1H3. The van der Waals surface area contributed by atoms with Crippen LogP contribution in [0.15, 0.2) is 30.3 Å². The van der Waals surface area contributed by atoms with Crippen LogP contribution in [-0.4, -0.2) is 77.9 Å². The molecule has 2 aliphatic heterocycles. The number of likely N-dealkylation sites (tertiary alicyclic amines) is 1. The van der Waals surface area contributed by atoms with Crippen LogP contribution in [0.3, 0.4) is 0 Å². The maximum absolute atomic E-state index is 13.1. The van der Waals surface area contributed by atoms with Gasteiger partial charge in [0.1, 0.15) is 5.69 Å². The van der Waals surface area contributed by atoms with E-state index in [-0.39, 0.29) is 18.4 Å². The molecule has 6 heteroatoms. The number of hydrogen-bond donors (Lipinski definition) is 1. The normalized spacial score (nSPS) is 24.5. The Morgan fingerprint density at radius 3 is 2.65 bits per heavy atom. The summed E-state index contributed by atoms with van der Waals surface area (Å²) in [5.74, 6) is 0.528. The van der Waals surface area contributed by atoms with E-state index in [1.54, 1.807) is 0 Å². The summed E-state index contributed by atoms with van der Waals surface area (Å²) < 4.78 is 7.39. The van der Waals surface area contributed by atoms with E-state index in [2.05, 4.69) is 4.90 Å². The van der Waals surface area contributed by atoms with Gasteiger partial charge in [-0.2, -0.15) is 0 Å². The van der Waals surface area contributed by atoms with Gasteiger partial charge in [0.05, 0.1) is 13.2 Å². The lowest BCUT2D eigenvalue weighted by molar-refractivity contribution is 0.0264. The van der Waals surface area contributed by atoms with Gasteiger partial charge in [0, 0.05) is 63.2 Å². The van der Waals surface area contributed by atoms with Crippen molar-refractivity contribution in [2.45, 2.75) is 0 Å². The first-order chi connectivity index (χ1) is 12.7. The van der Waals surface area contributed by atoms with Gasteiger partial charge in [-0.3, -0.25) is 9.69 Å². The summed E-state index contributed by atoms with van der Waals surface area (Å²) in [6.07, 6.45) is 0. The molecule has 1 aromatic heterocycles. The fourth-order valence-corrected chi connectivity index (χ4v) is 4.29. The number of aliphatic hydroxyl groups excluding tert-OH is 1. The number of fused-ring (bicyclic) bond motifs is 1. The largest absolute Gasteiger partial charge is 0.396 e. The molecule has 1 amide bonds. The molecule has 1 N–H and O–H groups in total. The molecule has 2 aromatic rings. The van der Waals surface area contributed by atoms with Crippen molar-refractivity contribution in [1.82, 2.24) is 14.4 Å². The van der Waals surface area contributed by atoms with Crippen molar-refractivity contribution in [3.05, 3.63) is 36.0 Å². The molecule has 0 bridgehead atoms. The van der Waals surface area contributed by atoms with E-state index in [1.807, 2.05) is 46.8 Å². The van der Waals surface area contributed by atoms with Gasteiger partial charge in [0.2, 0.25) is 0 Å². The summed E-state index contributed by atoms with van der Waals surface area (Å²) in [6.45, 7) is 5.82. The Labute approximate surface area is 153 Å². The van der Waals surface area contributed by atoms with E-state index in [9.17, 15) is 9.90 Å². The van der Waals surface area contributed by atoms with Gasteiger partial charge in [-0.25, -0.2) is 0 Å². The number of nitrogens with zero attached hydrogens (tertiary/aromatic N) is 3. The molecule has 2 atom stereocenters. The van der Waals surface area contributed by atoms with Crippen LogP contribution in [0.5, 0.6) is 0 Å². The average Bonchev–Trinajstić information content (AvgIpc) is 3.23. The Hall–Kier alpha value is -1.89. The van der Waals surface area contributed by atoms with Gasteiger partial charge < -0.3 is 19.3 Å². The molecule has 2 aliphatic rings. The Kier molecular flexibility index (Phi) is 4.98. The lowest BCUT2D eigenvalue weighted by atomic mass is 9.96. The van der Waals surface area contributed by atoms with Crippen LogP contribution in [-0.2, 0) is 11.8 Å². The highest BCUT2D eigenvalue weighted by atomic mass is 16.5. The maximum atomic E-state index is 13.1. The number of para-hydroxylation sites is 1. The highest BCUT2D eigenvalue weighted by molar-refractivity contribution is 5.98. The Morgan fingerprint density at radius 2 is 1.92 bits per heavy atom. The number of aliphatic hydroxyl groups is 1. The third-order valence-corrected chi connectivity index (χ3v) is 5.87. The van der Waals surface area contributed by atoms with Gasteiger partial charge in [-0.05, 0) is 18.1 Å². The molecule has 140 valence electrons. The van der Waals surface area contributed by atoms with Crippen molar-refractivity contribution in [1.29, 1.82) is 0 Å². The number of hydrogen-bond acceptors (Lipinski definition) is 4. The molecule has 2 saturated heterocycles. The van der Waals surface area contributed by atoms with Gasteiger partial charge in [0.25, 0.3) is 5.91 Å². The topological polar surface area (TPSA) is 57.9 Å². The van der Waals surface area contributed by atoms with Crippen LogP contribution in [0.25, 0.3) is 10.9 Å². The number of aryl methyl sites for hydroxylation is 1. The number of benzene rings is 1. The number of morpholine rings is 1. The molecule has 1 aromatic carbocycles. The molecule has 0 spiro atoms. The summed E-state index contributed by atoms with van der Waals surface area (Å²) in [7, 11) is 1.94. The molecular formula is C20H27N3O3. The number of ether oxygens (including phenoxy) is 1. The van der Waals surface area contributed by atoms with E-state index in [0.29, 0.717) is 19.0 Å². The fourth-order valence-electron chi connectivity index (χ4n) is 4.29. The van der Waals surface area contributed by atoms with Gasteiger partial charge in [-0.15, -0.1) is 0 Å². The molecule has 0 saturated carbocycles. The molecule has 26 heavy (non-hydrogen) atoms. The van der Waals surface area contributed by atoms with Crippen molar-refractivity contribution in [3.8, 4) is 0 Å². The molecule has 0 radical (unpaired) electrons. The molecule has 2 unspecified atom stereocenters. The molecular weight excluding hydrogens is 330 g/mol. The van der Waals surface area contributed by atoms with Crippen LogP contribution in [0.4, 0.5) is 0 Å². The third kappa shape index (κ3) is 3.24. The number of carbonyl (C=O) groups excluding carboxylic acids is 1. The number of aromatic nitrogens is 1. The molecule has 2 fully saturated rings. The average molecular weight is 357 g/mol. The second-order valence-corrected chi connectivity index (χ2v) is 7.47. The lowest BCUT2D eigenvalue weighted by Crippen LogP contribution is -2.41. The smallest absolute Gasteiger partial charge is 0.270 e. The Morgan fingerprint density at radius 1 is 1.19 bits per heavy atom. The first-order valence-electron chi connectivity index (χ1n) is 9.42. The van der Waals surface area contributed by atoms with Gasteiger partial charge >= 0.3 is 0 Å². The molecule has 6 nitrogen and oxygen atoms in total. The summed E-state index contributed by atoms with van der Waals surface area (Å²) in [5, 5.41) is 10.9. The van der Waals surface area contributed by atoms with Crippen molar-refractivity contribution < 1.29 is 14.6 Å². The second-order valence-electron chi connectivity index (χ2n) is 7.47. The monoisotopic (exact) mass is 357 g/mol. The minimum absolute atomic E-state index is 0.0617. The summed E-state index contributed by atoms with van der Waals surface area (Å²) in [4.78, 5) is 17.4. The van der Waals surface area contributed by atoms with E-state index in [1.165, 1.54) is 0 Å². The predicted octanol–water partition coefficient (Wildman–Crippen LogP) is 1.19.